The van der Waals surface area contributed by atoms with E-state index in [9.17, 15) is 0 Å². The highest BCUT2D eigenvalue weighted by molar-refractivity contribution is 6.31. The lowest BCUT2D eigenvalue weighted by Gasteiger charge is -2.03. The molecular formula is C16H19ClN4. The number of aromatic nitrogens is 3. The minimum absolute atomic E-state index is 0.137. The van der Waals surface area contributed by atoms with E-state index in [1.165, 1.54) is 16.5 Å². The zero-order valence-electron chi connectivity index (χ0n) is 12.3. The van der Waals surface area contributed by atoms with Gasteiger partial charge >= 0.3 is 0 Å². The molecule has 0 saturated heterocycles. The number of nitrogens with two attached hydrogens (primary N) is 1. The van der Waals surface area contributed by atoms with Crippen LogP contribution in [0.1, 0.15) is 18.1 Å². The summed E-state index contributed by atoms with van der Waals surface area (Å²) in [7, 11) is 1.93. The van der Waals surface area contributed by atoms with Gasteiger partial charge in [0.05, 0.1) is 18.3 Å². The summed E-state index contributed by atoms with van der Waals surface area (Å²) in [5.74, 6) is 0. The number of rotatable bonds is 4. The van der Waals surface area contributed by atoms with Gasteiger partial charge in [-0.1, -0.05) is 17.7 Å². The van der Waals surface area contributed by atoms with Crippen LogP contribution < -0.4 is 5.73 Å². The first-order valence-electron chi connectivity index (χ1n) is 7.03. The number of hydrogen-bond acceptors (Lipinski definition) is 2. The molecule has 2 heterocycles. The molecule has 0 amide bonds. The molecule has 110 valence electrons. The van der Waals surface area contributed by atoms with Crippen molar-refractivity contribution in [2.24, 2.45) is 12.8 Å². The molecule has 4 nitrogen and oxygen atoms in total. The van der Waals surface area contributed by atoms with Crippen LogP contribution in [0.15, 0.2) is 36.8 Å². The minimum Gasteiger partial charge on any atom is -0.343 e. The van der Waals surface area contributed by atoms with Crippen LogP contribution in [0.5, 0.6) is 0 Å². The molecule has 1 atom stereocenters. The Kier molecular flexibility index (Phi) is 3.74. The Labute approximate surface area is 129 Å². The fourth-order valence-corrected chi connectivity index (χ4v) is 2.90. The van der Waals surface area contributed by atoms with Gasteiger partial charge in [0.25, 0.3) is 0 Å². The van der Waals surface area contributed by atoms with Crippen molar-refractivity contribution in [3.8, 4) is 0 Å². The van der Waals surface area contributed by atoms with E-state index in [4.69, 9.17) is 17.3 Å². The normalized spacial score (nSPS) is 13.0. The summed E-state index contributed by atoms with van der Waals surface area (Å²) in [6, 6.07) is 6.16. The van der Waals surface area contributed by atoms with Crippen LogP contribution in [0, 0.1) is 0 Å². The van der Waals surface area contributed by atoms with Crippen molar-refractivity contribution < 1.29 is 0 Å². The quantitative estimate of drug-likeness (QED) is 0.805. The van der Waals surface area contributed by atoms with Crippen LogP contribution in [0.3, 0.4) is 0 Å². The van der Waals surface area contributed by atoms with E-state index in [1.807, 2.05) is 43.2 Å². The van der Waals surface area contributed by atoms with Gasteiger partial charge in [-0.05, 0) is 31.0 Å². The van der Waals surface area contributed by atoms with Gasteiger partial charge in [0, 0.05) is 41.5 Å². The lowest BCUT2D eigenvalue weighted by atomic mass is 10.1. The van der Waals surface area contributed by atoms with Gasteiger partial charge in [-0.15, -0.1) is 0 Å². The summed E-state index contributed by atoms with van der Waals surface area (Å²) in [6.07, 6.45) is 6.96. The average molecular weight is 303 g/mol. The predicted molar refractivity (Wildman–Crippen MR) is 86.6 cm³/mol. The number of hydrogen-bond donors (Lipinski definition) is 1. The molecule has 0 aliphatic heterocycles. The molecule has 1 aromatic carbocycles. The Morgan fingerprint density at radius 3 is 2.81 bits per heavy atom. The van der Waals surface area contributed by atoms with Crippen LogP contribution in [-0.4, -0.2) is 20.4 Å². The van der Waals surface area contributed by atoms with Crippen molar-refractivity contribution in [1.29, 1.82) is 0 Å². The number of aryl methyl sites for hydroxylation is 1. The molecule has 0 radical (unpaired) electrons. The highest BCUT2D eigenvalue weighted by Gasteiger charge is 2.11. The molecule has 3 rings (SSSR count). The van der Waals surface area contributed by atoms with E-state index in [1.54, 1.807) is 0 Å². The first-order valence-corrected chi connectivity index (χ1v) is 7.41. The van der Waals surface area contributed by atoms with Crippen LogP contribution >= 0.6 is 11.6 Å². The summed E-state index contributed by atoms with van der Waals surface area (Å²) >= 11 is 6.16. The zero-order valence-corrected chi connectivity index (χ0v) is 13.0. The maximum absolute atomic E-state index is 6.16. The Hall–Kier alpha value is -1.78. The maximum Gasteiger partial charge on any atom is 0.0539 e. The molecule has 0 spiro atoms. The van der Waals surface area contributed by atoms with Gasteiger partial charge in [-0.3, -0.25) is 4.68 Å². The molecule has 21 heavy (non-hydrogen) atoms. The predicted octanol–water partition coefficient (Wildman–Crippen LogP) is 2.97. The minimum atomic E-state index is 0.137. The van der Waals surface area contributed by atoms with Gasteiger partial charge in [0.1, 0.15) is 0 Å². The van der Waals surface area contributed by atoms with Crippen LogP contribution in [0.2, 0.25) is 5.02 Å². The van der Waals surface area contributed by atoms with Gasteiger partial charge in [-0.25, -0.2) is 0 Å². The van der Waals surface area contributed by atoms with E-state index >= 15 is 0 Å². The molecule has 1 unspecified atom stereocenters. The van der Waals surface area contributed by atoms with Crippen molar-refractivity contribution in [3.05, 3.63) is 52.9 Å². The third-order valence-corrected chi connectivity index (χ3v) is 3.82. The SMILES string of the molecule is CC(N)Cc1cn(Cc2cnn(C)c2)c2cc(Cl)ccc12. The molecule has 2 aromatic heterocycles. The molecule has 3 aromatic rings. The second kappa shape index (κ2) is 5.54. The summed E-state index contributed by atoms with van der Waals surface area (Å²) in [5, 5.41) is 6.20. The Balaban J connectivity index is 2.06. The van der Waals surface area contributed by atoms with E-state index in [0.717, 1.165) is 23.5 Å². The van der Waals surface area contributed by atoms with Crippen molar-refractivity contribution in [2.45, 2.75) is 25.9 Å². The van der Waals surface area contributed by atoms with Crippen LogP contribution in [0.25, 0.3) is 10.9 Å². The average Bonchev–Trinajstić information content (AvgIpc) is 2.95. The molecular weight excluding hydrogens is 284 g/mol. The highest BCUT2D eigenvalue weighted by Crippen LogP contribution is 2.26. The summed E-state index contributed by atoms with van der Waals surface area (Å²) < 4.78 is 4.03. The van der Waals surface area contributed by atoms with Crippen molar-refractivity contribution in [2.75, 3.05) is 0 Å². The number of halogens is 1. The first kappa shape index (κ1) is 14.2. The van der Waals surface area contributed by atoms with Crippen molar-refractivity contribution >= 4 is 22.5 Å². The monoisotopic (exact) mass is 302 g/mol. The summed E-state index contributed by atoms with van der Waals surface area (Å²) in [5.41, 5.74) is 9.54. The Morgan fingerprint density at radius 1 is 1.33 bits per heavy atom. The lowest BCUT2D eigenvalue weighted by Crippen LogP contribution is -2.17. The number of nitrogens with zero attached hydrogens (tertiary/aromatic N) is 3. The molecule has 0 fully saturated rings. The van der Waals surface area contributed by atoms with E-state index in [0.29, 0.717) is 0 Å². The molecule has 0 aliphatic carbocycles. The molecule has 0 aliphatic rings. The Morgan fingerprint density at radius 2 is 2.14 bits per heavy atom. The zero-order chi connectivity index (χ0) is 15.0. The highest BCUT2D eigenvalue weighted by atomic mass is 35.5. The second-order valence-corrected chi connectivity index (χ2v) is 6.08. The van der Waals surface area contributed by atoms with Gasteiger partial charge in [0.15, 0.2) is 0 Å². The molecule has 5 heteroatoms. The fourth-order valence-electron chi connectivity index (χ4n) is 2.73. The first-order chi connectivity index (χ1) is 10.0. The standard InChI is InChI=1S/C16H19ClN4/c1-11(18)5-13-10-21(9-12-7-19-20(2)8-12)16-6-14(17)3-4-15(13)16/h3-4,6-8,10-11H,5,9,18H2,1-2H3. The number of benzene rings is 1. The van der Waals surface area contributed by atoms with Crippen LogP contribution in [0.4, 0.5) is 0 Å². The maximum atomic E-state index is 6.16. The lowest BCUT2D eigenvalue weighted by molar-refractivity contribution is 0.734. The second-order valence-electron chi connectivity index (χ2n) is 5.65. The van der Waals surface area contributed by atoms with Gasteiger partial charge in [0.2, 0.25) is 0 Å². The van der Waals surface area contributed by atoms with Gasteiger partial charge < -0.3 is 10.3 Å². The topological polar surface area (TPSA) is 48.8 Å². The van der Waals surface area contributed by atoms with E-state index in [-0.39, 0.29) is 6.04 Å². The van der Waals surface area contributed by atoms with Crippen molar-refractivity contribution in [1.82, 2.24) is 14.3 Å². The molecule has 2 N–H and O–H groups in total. The number of fused-ring (bicyclic) bond motifs is 1. The Bertz CT molecular complexity index is 770. The van der Waals surface area contributed by atoms with E-state index < -0.39 is 0 Å². The smallest absolute Gasteiger partial charge is 0.0539 e. The third-order valence-electron chi connectivity index (χ3n) is 3.58. The van der Waals surface area contributed by atoms with Gasteiger partial charge in [-0.2, -0.15) is 5.10 Å². The summed E-state index contributed by atoms with van der Waals surface area (Å²) in [4.78, 5) is 0. The van der Waals surface area contributed by atoms with Crippen molar-refractivity contribution in [3.63, 3.8) is 0 Å². The summed E-state index contributed by atoms with van der Waals surface area (Å²) in [6.45, 7) is 2.81. The fraction of sp³-hybridized carbons (Fsp3) is 0.312. The van der Waals surface area contributed by atoms with Crippen LogP contribution in [-0.2, 0) is 20.0 Å². The third kappa shape index (κ3) is 2.96. The molecule has 0 saturated carbocycles. The van der Waals surface area contributed by atoms with E-state index in [2.05, 4.69) is 21.9 Å². The largest absolute Gasteiger partial charge is 0.343 e. The molecule has 0 bridgehead atoms.